The first-order chi connectivity index (χ1) is 9.12. The maximum atomic E-state index is 12.7. The summed E-state index contributed by atoms with van der Waals surface area (Å²) in [4.78, 5) is 30.7. The summed E-state index contributed by atoms with van der Waals surface area (Å²) in [6.07, 6.45) is 3.53. The monoisotopic (exact) mass is 279 g/mol. The molecular formula is C13H17N3O2S. The molecule has 1 spiro atoms. The van der Waals surface area contributed by atoms with E-state index in [1.165, 1.54) is 11.3 Å². The third kappa shape index (κ3) is 2.04. The van der Waals surface area contributed by atoms with Crippen LogP contribution >= 0.6 is 11.3 Å². The largest absolute Gasteiger partial charge is 0.340 e. The van der Waals surface area contributed by atoms with Gasteiger partial charge in [-0.15, -0.1) is 11.3 Å². The van der Waals surface area contributed by atoms with Gasteiger partial charge in [-0.05, 0) is 19.8 Å². The Bertz CT molecular complexity index is 494. The van der Waals surface area contributed by atoms with Crippen LogP contribution in [0.4, 0.5) is 0 Å². The molecule has 1 aromatic heterocycles. The second-order valence-corrected chi connectivity index (χ2v) is 6.09. The molecule has 1 N–H and O–H groups in total. The Kier molecular flexibility index (Phi) is 3.05. The Hall–Kier alpha value is -1.43. The van der Waals surface area contributed by atoms with Crippen molar-refractivity contribution in [3.63, 3.8) is 0 Å². The maximum absolute atomic E-state index is 12.7. The van der Waals surface area contributed by atoms with Gasteiger partial charge in [0, 0.05) is 5.38 Å². The molecule has 102 valence electrons. The van der Waals surface area contributed by atoms with E-state index in [2.05, 4.69) is 10.3 Å². The Morgan fingerprint density at radius 1 is 1.47 bits per heavy atom. The Balaban J connectivity index is 1.87. The van der Waals surface area contributed by atoms with Gasteiger partial charge in [0.15, 0.2) is 0 Å². The minimum absolute atomic E-state index is 0.0447. The maximum Gasteiger partial charge on any atom is 0.249 e. The van der Waals surface area contributed by atoms with Crippen LogP contribution in [0.15, 0.2) is 10.9 Å². The minimum atomic E-state index is -0.639. The van der Waals surface area contributed by atoms with Crippen LogP contribution in [-0.2, 0) is 16.1 Å². The van der Waals surface area contributed by atoms with Crippen molar-refractivity contribution in [1.82, 2.24) is 15.2 Å². The second kappa shape index (κ2) is 4.59. The lowest BCUT2D eigenvalue weighted by Crippen LogP contribution is -2.68. The van der Waals surface area contributed by atoms with Gasteiger partial charge in [0.05, 0.1) is 17.7 Å². The molecule has 19 heavy (non-hydrogen) atoms. The van der Waals surface area contributed by atoms with Crippen molar-refractivity contribution in [3.8, 4) is 0 Å². The van der Waals surface area contributed by atoms with E-state index in [1.54, 1.807) is 17.3 Å². The summed E-state index contributed by atoms with van der Waals surface area (Å²) >= 11 is 1.51. The number of nitrogens with zero attached hydrogens (tertiary/aromatic N) is 2. The zero-order chi connectivity index (χ0) is 13.5. The van der Waals surface area contributed by atoms with E-state index in [0.29, 0.717) is 6.54 Å². The predicted molar refractivity (Wildman–Crippen MR) is 71.5 cm³/mol. The summed E-state index contributed by atoms with van der Waals surface area (Å²) < 4.78 is 0. The average molecular weight is 279 g/mol. The molecule has 2 fully saturated rings. The molecule has 1 atom stereocenters. The van der Waals surface area contributed by atoms with Crippen LogP contribution in [0.2, 0.25) is 0 Å². The van der Waals surface area contributed by atoms with Crippen molar-refractivity contribution in [3.05, 3.63) is 16.6 Å². The van der Waals surface area contributed by atoms with Crippen LogP contribution < -0.4 is 5.32 Å². The molecular weight excluding hydrogens is 262 g/mol. The molecule has 2 aliphatic rings. The van der Waals surface area contributed by atoms with E-state index in [1.807, 2.05) is 5.38 Å². The molecule has 1 saturated carbocycles. The second-order valence-electron chi connectivity index (χ2n) is 5.37. The minimum Gasteiger partial charge on any atom is -0.340 e. The molecule has 1 saturated heterocycles. The van der Waals surface area contributed by atoms with Crippen molar-refractivity contribution < 1.29 is 9.59 Å². The first-order valence-electron chi connectivity index (χ1n) is 6.62. The molecule has 1 aromatic rings. The lowest BCUT2D eigenvalue weighted by molar-refractivity contribution is -0.154. The molecule has 1 unspecified atom stereocenters. The van der Waals surface area contributed by atoms with E-state index in [9.17, 15) is 9.59 Å². The number of thiazole rings is 1. The van der Waals surface area contributed by atoms with Gasteiger partial charge >= 0.3 is 0 Å². The SMILES string of the molecule is CC1C(=O)NC2(CCCC2)C(=O)N1Cc1cscn1. The van der Waals surface area contributed by atoms with Crippen LogP contribution in [0.5, 0.6) is 0 Å². The van der Waals surface area contributed by atoms with Crippen LogP contribution in [0.3, 0.4) is 0 Å². The predicted octanol–water partition coefficient (Wildman–Crippen LogP) is 1.30. The molecule has 1 aliphatic carbocycles. The quantitative estimate of drug-likeness (QED) is 0.887. The first kappa shape index (κ1) is 12.6. The summed E-state index contributed by atoms with van der Waals surface area (Å²) in [5.41, 5.74) is 1.97. The number of carbonyl (C=O) groups excluding carboxylic acids is 2. The molecule has 0 aromatic carbocycles. The van der Waals surface area contributed by atoms with E-state index < -0.39 is 11.6 Å². The Morgan fingerprint density at radius 3 is 2.84 bits per heavy atom. The zero-order valence-corrected chi connectivity index (χ0v) is 11.7. The molecule has 1 aliphatic heterocycles. The highest BCUT2D eigenvalue weighted by Crippen LogP contribution is 2.35. The third-order valence-corrected chi connectivity index (χ3v) is 4.79. The van der Waals surface area contributed by atoms with Gasteiger partial charge in [-0.25, -0.2) is 4.98 Å². The van der Waals surface area contributed by atoms with E-state index in [0.717, 1.165) is 31.4 Å². The fourth-order valence-corrected chi connectivity index (χ4v) is 3.55. The average Bonchev–Trinajstić information content (AvgIpc) is 3.04. The molecule has 6 heteroatoms. The lowest BCUT2D eigenvalue weighted by Gasteiger charge is -2.43. The van der Waals surface area contributed by atoms with E-state index in [-0.39, 0.29) is 11.8 Å². The van der Waals surface area contributed by atoms with E-state index in [4.69, 9.17) is 0 Å². The molecule has 3 rings (SSSR count). The summed E-state index contributed by atoms with van der Waals surface area (Å²) in [6, 6.07) is -0.416. The van der Waals surface area contributed by atoms with Crippen molar-refractivity contribution in [2.45, 2.75) is 50.7 Å². The van der Waals surface area contributed by atoms with Gasteiger partial charge < -0.3 is 10.2 Å². The number of nitrogens with one attached hydrogen (secondary N) is 1. The number of carbonyl (C=O) groups is 2. The molecule has 0 bridgehead atoms. The topological polar surface area (TPSA) is 62.3 Å². The van der Waals surface area contributed by atoms with Crippen molar-refractivity contribution in [2.24, 2.45) is 0 Å². The van der Waals surface area contributed by atoms with Crippen LogP contribution in [-0.4, -0.2) is 33.3 Å². The van der Waals surface area contributed by atoms with Crippen molar-refractivity contribution in [1.29, 1.82) is 0 Å². The van der Waals surface area contributed by atoms with Gasteiger partial charge in [-0.3, -0.25) is 9.59 Å². The summed E-state index contributed by atoms with van der Waals surface area (Å²) in [6.45, 7) is 2.21. The summed E-state index contributed by atoms with van der Waals surface area (Å²) in [7, 11) is 0. The highest BCUT2D eigenvalue weighted by Gasteiger charge is 2.50. The van der Waals surface area contributed by atoms with Crippen LogP contribution in [0, 0.1) is 0 Å². The van der Waals surface area contributed by atoms with Crippen LogP contribution in [0.25, 0.3) is 0 Å². The number of hydrogen-bond acceptors (Lipinski definition) is 4. The van der Waals surface area contributed by atoms with Gasteiger partial charge in [-0.1, -0.05) is 12.8 Å². The molecule has 0 radical (unpaired) electrons. The number of rotatable bonds is 2. The third-order valence-electron chi connectivity index (χ3n) is 4.15. The van der Waals surface area contributed by atoms with Gasteiger partial charge in [0.2, 0.25) is 11.8 Å². The van der Waals surface area contributed by atoms with Crippen molar-refractivity contribution >= 4 is 23.2 Å². The number of amides is 2. The van der Waals surface area contributed by atoms with Crippen molar-refractivity contribution in [2.75, 3.05) is 0 Å². The fourth-order valence-electron chi connectivity index (χ4n) is 3.00. The highest BCUT2D eigenvalue weighted by atomic mass is 32.1. The lowest BCUT2D eigenvalue weighted by atomic mass is 9.91. The van der Waals surface area contributed by atoms with Gasteiger partial charge in [0.25, 0.3) is 0 Å². The van der Waals surface area contributed by atoms with Gasteiger partial charge in [0.1, 0.15) is 11.6 Å². The Labute approximate surface area is 116 Å². The Morgan fingerprint density at radius 2 is 2.21 bits per heavy atom. The standard InChI is InChI=1S/C13H17N3O2S/c1-9-11(17)15-13(4-2-3-5-13)12(18)16(9)6-10-7-19-8-14-10/h7-9H,2-6H2,1H3,(H,15,17). The number of hydrogen-bond donors (Lipinski definition) is 1. The molecule has 2 amide bonds. The zero-order valence-electron chi connectivity index (χ0n) is 10.9. The summed E-state index contributed by atoms with van der Waals surface area (Å²) in [5, 5.41) is 4.88. The summed E-state index contributed by atoms with van der Waals surface area (Å²) in [5.74, 6) is 0.0156. The fraction of sp³-hybridized carbons (Fsp3) is 0.615. The first-order valence-corrected chi connectivity index (χ1v) is 7.57. The molecule has 2 heterocycles. The molecule has 5 nitrogen and oxygen atoms in total. The normalized spacial score (nSPS) is 25.9. The highest BCUT2D eigenvalue weighted by molar-refractivity contribution is 7.07. The smallest absolute Gasteiger partial charge is 0.249 e. The number of piperazine rings is 1. The number of aromatic nitrogens is 1. The van der Waals surface area contributed by atoms with E-state index >= 15 is 0 Å². The van der Waals surface area contributed by atoms with Gasteiger partial charge in [-0.2, -0.15) is 0 Å². The van der Waals surface area contributed by atoms with Crippen LogP contribution in [0.1, 0.15) is 38.3 Å².